The van der Waals surface area contributed by atoms with Gasteiger partial charge in [-0.1, -0.05) is 18.2 Å². The van der Waals surface area contributed by atoms with Crippen molar-refractivity contribution < 1.29 is 4.39 Å². The van der Waals surface area contributed by atoms with Gasteiger partial charge in [0, 0.05) is 32.4 Å². The van der Waals surface area contributed by atoms with E-state index in [0.29, 0.717) is 12.5 Å². The Morgan fingerprint density at radius 2 is 2.04 bits per heavy atom. The van der Waals surface area contributed by atoms with Gasteiger partial charge in [0.05, 0.1) is 12.4 Å². The zero-order chi connectivity index (χ0) is 19.5. The van der Waals surface area contributed by atoms with Gasteiger partial charge in [-0.3, -0.25) is 10.00 Å². The fourth-order valence-electron chi connectivity index (χ4n) is 2.66. The molecule has 3 heterocycles. The van der Waals surface area contributed by atoms with Crippen LogP contribution in [0.25, 0.3) is 11.1 Å². The van der Waals surface area contributed by atoms with Crippen LogP contribution < -0.4 is 10.6 Å². The summed E-state index contributed by atoms with van der Waals surface area (Å²) in [5.74, 6) is 0.254. The van der Waals surface area contributed by atoms with Crippen LogP contribution in [0.3, 0.4) is 0 Å². The van der Waals surface area contributed by atoms with Gasteiger partial charge in [0.25, 0.3) is 0 Å². The first-order valence-electron chi connectivity index (χ1n) is 8.54. The van der Waals surface area contributed by atoms with Crippen LogP contribution in [0.15, 0.2) is 49.2 Å². The van der Waals surface area contributed by atoms with E-state index >= 15 is 0 Å². The summed E-state index contributed by atoms with van der Waals surface area (Å²) in [7, 11) is 3.65. The second-order valence-electron chi connectivity index (χ2n) is 6.24. The Hall–Kier alpha value is -3.82. The summed E-state index contributed by atoms with van der Waals surface area (Å²) in [6, 6.07) is 7.96. The molecule has 142 valence electrons. The van der Waals surface area contributed by atoms with Crippen molar-refractivity contribution in [2.75, 3.05) is 10.6 Å². The average molecular weight is 379 g/mol. The van der Waals surface area contributed by atoms with Crippen LogP contribution in [0.5, 0.6) is 0 Å². The van der Waals surface area contributed by atoms with Crippen LogP contribution in [-0.4, -0.2) is 34.5 Å². The van der Waals surface area contributed by atoms with Crippen molar-refractivity contribution in [1.82, 2.24) is 34.5 Å². The molecule has 0 atom stereocenters. The lowest BCUT2D eigenvalue weighted by molar-refractivity contribution is 0.617. The molecule has 1 aromatic carbocycles. The summed E-state index contributed by atoms with van der Waals surface area (Å²) in [5, 5.41) is 17.8. The minimum Gasteiger partial charge on any atom is -0.363 e. The van der Waals surface area contributed by atoms with E-state index in [9.17, 15) is 4.39 Å². The smallest absolute Gasteiger partial charge is 0.231 e. The van der Waals surface area contributed by atoms with Crippen molar-refractivity contribution in [3.05, 3.63) is 60.6 Å². The minimum atomic E-state index is -0.535. The van der Waals surface area contributed by atoms with Gasteiger partial charge >= 0.3 is 0 Å². The number of nitrogens with zero attached hydrogens (tertiary/aromatic N) is 7. The first kappa shape index (κ1) is 17.6. The van der Waals surface area contributed by atoms with E-state index in [2.05, 4.69) is 35.9 Å². The van der Waals surface area contributed by atoms with Crippen LogP contribution in [0, 0.1) is 5.82 Å². The number of halogens is 1. The topological polar surface area (TPSA) is 98.4 Å². The molecule has 0 aliphatic carbocycles. The highest BCUT2D eigenvalue weighted by molar-refractivity contribution is 5.62. The monoisotopic (exact) mass is 379 g/mol. The van der Waals surface area contributed by atoms with E-state index in [1.165, 1.54) is 0 Å². The van der Waals surface area contributed by atoms with Crippen LogP contribution in [0.1, 0.15) is 5.56 Å². The molecule has 0 saturated carbocycles. The number of aryl methyl sites for hydroxylation is 2. The number of hydrogen-bond donors (Lipinski definition) is 2. The zero-order valence-electron chi connectivity index (χ0n) is 15.3. The van der Waals surface area contributed by atoms with Crippen LogP contribution in [0.2, 0.25) is 0 Å². The van der Waals surface area contributed by atoms with E-state index < -0.39 is 5.82 Å². The maximum atomic E-state index is 14.1. The SMILES string of the molecule is Cn1cc(-c2cccc(CNc3nc(Nc4nncn4C)ncc3F)c2)cn1. The molecular formula is C18H18FN9. The molecule has 3 aromatic heterocycles. The molecule has 0 saturated heterocycles. The summed E-state index contributed by atoms with van der Waals surface area (Å²) in [4.78, 5) is 8.12. The summed E-state index contributed by atoms with van der Waals surface area (Å²) in [6.45, 7) is 0.408. The minimum absolute atomic E-state index is 0.103. The van der Waals surface area contributed by atoms with E-state index in [1.807, 2.05) is 37.5 Å². The van der Waals surface area contributed by atoms with Gasteiger partial charge in [0.15, 0.2) is 11.6 Å². The highest BCUT2D eigenvalue weighted by Gasteiger charge is 2.10. The molecule has 0 radical (unpaired) electrons. The van der Waals surface area contributed by atoms with E-state index in [-0.39, 0.29) is 11.8 Å². The van der Waals surface area contributed by atoms with Gasteiger partial charge in [-0.2, -0.15) is 10.1 Å². The molecule has 9 nitrogen and oxygen atoms in total. The fraction of sp³-hybridized carbons (Fsp3) is 0.167. The maximum Gasteiger partial charge on any atom is 0.231 e. The lowest BCUT2D eigenvalue weighted by Crippen LogP contribution is -2.08. The number of aromatic nitrogens is 7. The van der Waals surface area contributed by atoms with Gasteiger partial charge in [0.2, 0.25) is 11.9 Å². The largest absolute Gasteiger partial charge is 0.363 e. The number of hydrogen-bond acceptors (Lipinski definition) is 7. The van der Waals surface area contributed by atoms with Gasteiger partial charge in [-0.25, -0.2) is 9.37 Å². The quantitative estimate of drug-likeness (QED) is 0.531. The third-order valence-corrected chi connectivity index (χ3v) is 4.10. The van der Waals surface area contributed by atoms with Crippen molar-refractivity contribution in [2.24, 2.45) is 14.1 Å². The van der Waals surface area contributed by atoms with Crippen LogP contribution in [0.4, 0.5) is 22.1 Å². The standard InChI is InChI=1S/C18H18FN9/c1-27-11-22-26-18(27)25-17-21-9-15(19)16(24-17)20-7-12-4-3-5-13(6-12)14-8-23-28(2)10-14/h3-6,8-11H,7H2,1-2H3,(H2,20,21,24,25,26). The Kier molecular flexibility index (Phi) is 4.67. The lowest BCUT2D eigenvalue weighted by atomic mass is 10.1. The molecule has 0 bridgehead atoms. The molecule has 0 amide bonds. The predicted octanol–water partition coefficient (Wildman–Crippen LogP) is 2.50. The first-order chi connectivity index (χ1) is 13.6. The summed E-state index contributed by atoms with van der Waals surface area (Å²) < 4.78 is 17.5. The molecule has 0 fully saturated rings. The Morgan fingerprint density at radius 3 is 2.79 bits per heavy atom. The third kappa shape index (κ3) is 3.80. The molecule has 0 unspecified atom stereocenters. The Bertz CT molecular complexity index is 1100. The Labute approximate surface area is 160 Å². The molecule has 28 heavy (non-hydrogen) atoms. The van der Waals surface area contributed by atoms with Crippen molar-refractivity contribution in [1.29, 1.82) is 0 Å². The lowest BCUT2D eigenvalue weighted by Gasteiger charge is -2.10. The van der Waals surface area contributed by atoms with Crippen LogP contribution in [-0.2, 0) is 20.6 Å². The third-order valence-electron chi connectivity index (χ3n) is 4.10. The summed E-state index contributed by atoms with van der Waals surface area (Å²) >= 11 is 0. The average Bonchev–Trinajstić information content (AvgIpc) is 3.31. The Balaban J connectivity index is 1.49. The number of rotatable bonds is 6. The molecular weight excluding hydrogens is 361 g/mol. The number of benzene rings is 1. The molecule has 2 N–H and O–H groups in total. The van der Waals surface area contributed by atoms with Crippen molar-refractivity contribution >= 4 is 17.7 Å². The van der Waals surface area contributed by atoms with E-state index in [1.54, 1.807) is 28.8 Å². The molecule has 0 aliphatic rings. The molecule has 4 aromatic rings. The second kappa shape index (κ2) is 7.43. The highest BCUT2D eigenvalue weighted by Crippen LogP contribution is 2.21. The molecule has 0 aliphatic heterocycles. The van der Waals surface area contributed by atoms with Gasteiger partial charge in [-0.15, -0.1) is 10.2 Å². The van der Waals surface area contributed by atoms with Crippen molar-refractivity contribution in [3.63, 3.8) is 0 Å². The van der Waals surface area contributed by atoms with E-state index in [0.717, 1.165) is 22.9 Å². The van der Waals surface area contributed by atoms with Crippen molar-refractivity contribution in [3.8, 4) is 11.1 Å². The number of anilines is 3. The van der Waals surface area contributed by atoms with Gasteiger partial charge in [-0.05, 0) is 17.2 Å². The fourth-order valence-corrected chi connectivity index (χ4v) is 2.66. The molecule has 4 rings (SSSR count). The normalized spacial score (nSPS) is 10.8. The van der Waals surface area contributed by atoms with Gasteiger partial charge in [0.1, 0.15) is 6.33 Å². The maximum absolute atomic E-state index is 14.1. The Morgan fingerprint density at radius 1 is 1.14 bits per heavy atom. The van der Waals surface area contributed by atoms with Crippen molar-refractivity contribution in [2.45, 2.75) is 6.54 Å². The second-order valence-corrected chi connectivity index (χ2v) is 6.24. The predicted molar refractivity (Wildman–Crippen MR) is 102 cm³/mol. The van der Waals surface area contributed by atoms with Crippen LogP contribution >= 0.6 is 0 Å². The summed E-state index contributed by atoms with van der Waals surface area (Å²) in [5.41, 5.74) is 3.05. The van der Waals surface area contributed by atoms with E-state index in [4.69, 9.17) is 0 Å². The first-order valence-corrected chi connectivity index (χ1v) is 8.54. The zero-order valence-corrected chi connectivity index (χ0v) is 15.3. The summed E-state index contributed by atoms with van der Waals surface area (Å²) in [6.07, 6.45) is 6.41. The molecule has 10 heteroatoms. The number of nitrogens with one attached hydrogen (secondary N) is 2. The highest BCUT2D eigenvalue weighted by atomic mass is 19.1. The molecule has 0 spiro atoms. The van der Waals surface area contributed by atoms with Gasteiger partial charge < -0.3 is 9.88 Å².